The van der Waals surface area contributed by atoms with Crippen molar-refractivity contribution in [2.75, 3.05) is 26.3 Å². The van der Waals surface area contributed by atoms with E-state index in [9.17, 15) is 18.0 Å². The van der Waals surface area contributed by atoms with Gasteiger partial charge in [-0.1, -0.05) is 47.6 Å². The van der Waals surface area contributed by atoms with Crippen molar-refractivity contribution in [1.29, 1.82) is 0 Å². The fraction of sp³-hybridized carbons (Fsp3) is 0.444. The van der Waals surface area contributed by atoms with Crippen molar-refractivity contribution in [3.63, 3.8) is 0 Å². The van der Waals surface area contributed by atoms with E-state index in [-0.39, 0.29) is 18.5 Å². The number of aryl methyl sites for hydroxylation is 1. The number of ether oxygens (including phenoxy) is 2. The second kappa shape index (κ2) is 10.6. The molecule has 37 heavy (non-hydrogen) atoms. The van der Waals surface area contributed by atoms with E-state index < -0.39 is 17.2 Å². The Morgan fingerprint density at radius 3 is 2.54 bits per heavy atom. The van der Waals surface area contributed by atoms with Gasteiger partial charge in [0, 0.05) is 43.7 Å². The van der Waals surface area contributed by atoms with Crippen LogP contribution in [0, 0.1) is 5.92 Å². The molecule has 0 bridgehead atoms. The minimum Gasteiger partial charge on any atom is -0.461 e. The zero-order chi connectivity index (χ0) is 25.9. The van der Waals surface area contributed by atoms with Gasteiger partial charge in [0.05, 0.1) is 11.5 Å². The van der Waals surface area contributed by atoms with Crippen molar-refractivity contribution in [2.45, 2.75) is 43.9 Å². The zero-order valence-electron chi connectivity index (χ0n) is 20.2. The van der Waals surface area contributed by atoms with Gasteiger partial charge in [-0.05, 0) is 36.5 Å². The number of rotatable bonds is 8. The normalized spacial score (nSPS) is 17.8. The van der Waals surface area contributed by atoms with E-state index in [1.807, 2.05) is 24.3 Å². The van der Waals surface area contributed by atoms with E-state index in [0.29, 0.717) is 69.3 Å². The van der Waals surface area contributed by atoms with E-state index in [2.05, 4.69) is 15.5 Å². The lowest BCUT2D eigenvalue weighted by Crippen LogP contribution is -2.47. The molecule has 0 atom stereocenters. The summed E-state index contributed by atoms with van der Waals surface area (Å²) < 4.78 is 56.4. The summed E-state index contributed by atoms with van der Waals surface area (Å²) in [6, 6.07) is 13.0. The molecular formula is C27H28F3N3O4. The van der Waals surface area contributed by atoms with Crippen LogP contribution in [-0.2, 0) is 38.9 Å². The highest BCUT2D eigenvalue weighted by Crippen LogP contribution is 2.41. The number of carbonyl (C=O) groups excluding carboxylic acids is 1. The maximum absolute atomic E-state index is 13.3. The van der Waals surface area contributed by atoms with Crippen molar-refractivity contribution in [1.82, 2.24) is 15.5 Å². The number of benzene rings is 2. The third-order valence-corrected chi connectivity index (χ3v) is 7.25. The van der Waals surface area contributed by atoms with Gasteiger partial charge in [-0.15, -0.1) is 0 Å². The number of carbonyl (C=O) groups is 1. The lowest BCUT2D eigenvalue weighted by atomic mass is 9.70. The van der Waals surface area contributed by atoms with Gasteiger partial charge in [-0.25, -0.2) is 0 Å². The number of alkyl halides is 3. The standard InChI is InChI=1S/C27H28F3N3O4/c28-27(29,30)22-3-1-2-21(14-22)26(10-12-35-13-11-26)9-8-23-32-24(33-37-23)19-6-4-18(5-7-19)17-36-25(34)20-15-31-16-20/h1-7,14,20,31H,8-13,15-17H2. The molecule has 0 spiro atoms. The Bertz CT molecular complexity index is 1220. The largest absolute Gasteiger partial charge is 0.461 e. The lowest BCUT2D eigenvalue weighted by molar-refractivity contribution is -0.151. The highest BCUT2D eigenvalue weighted by Gasteiger charge is 2.37. The molecule has 2 aliphatic heterocycles. The van der Waals surface area contributed by atoms with Gasteiger partial charge in [0.25, 0.3) is 0 Å². The SMILES string of the molecule is O=C(OCc1ccc(-c2noc(CCC3(c4cccc(C(F)(F)F)c4)CCOCC3)n2)cc1)C1CNC1. The van der Waals surface area contributed by atoms with Gasteiger partial charge in [0.1, 0.15) is 6.61 Å². The molecule has 3 aromatic rings. The topological polar surface area (TPSA) is 86.5 Å². The molecule has 3 heterocycles. The van der Waals surface area contributed by atoms with Crippen molar-refractivity contribution in [2.24, 2.45) is 5.92 Å². The maximum Gasteiger partial charge on any atom is 0.416 e. The second-order valence-electron chi connectivity index (χ2n) is 9.64. The van der Waals surface area contributed by atoms with Gasteiger partial charge in [0.15, 0.2) is 0 Å². The Labute approximate surface area is 212 Å². The van der Waals surface area contributed by atoms with E-state index in [0.717, 1.165) is 17.2 Å². The number of nitrogens with one attached hydrogen (secondary N) is 1. The Morgan fingerprint density at radius 1 is 1.11 bits per heavy atom. The van der Waals surface area contributed by atoms with Crippen LogP contribution in [0.1, 0.15) is 41.8 Å². The van der Waals surface area contributed by atoms with Gasteiger partial charge >= 0.3 is 12.1 Å². The lowest BCUT2D eigenvalue weighted by Gasteiger charge is -2.38. The van der Waals surface area contributed by atoms with Crippen molar-refractivity contribution in [3.05, 3.63) is 71.1 Å². The molecule has 1 aromatic heterocycles. The first-order valence-electron chi connectivity index (χ1n) is 12.4. The Morgan fingerprint density at radius 2 is 1.86 bits per heavy atom. The minimum absolute atomic E-state index is 0.0640. The summed E-state index contributed by atoms with van der Waals surface area (Å²) in [5.74, 6) is 0.600. The Kier molecular flexibility index (Phi) is 7.30. The maximum atomic E-state index is 13.3. The third-order valence-electron chi connectivity index (χ3n) is 7.25. The number of halogens is 3. The van der Waals surface area contributed by atoms with Gasteiger partial charge < -0.3 is 19.3 Å². The monoisotopic (exact) mass is 515 g/mol. The molecule has 1 N–H and O–H groups in total. The molecule has 0 aliphatic carbocycles. The summed E-state index contributed by atoms with van der Waals surface area (Å²) in [6.45, 7) is 2.50. The first-order valence-corrected chi connectivity index (χ1v) is 12.4. The molecule has 2 fully saturated rings. The van der Waals surface area contributed by atoms with Crippen LogP contribution in [0.5, 0.6) is 0 Å². The average molecular weight is 516 g/mol. The van der Waals surface area contributed by atoms with Crippen LogP contribution in [-0.4, -0.2) is 42.4 Å². The molecule has 10 heteroatoms. The molecule has 0 unspecified atom stereocenters. The van der Waals surface area contributed by atoms with Crippen LogP contribution in [0.15, 0.2) is 53.1 Å². The fourth-order valence-electron chi connectivity index (χ4n) is 4.77. The second-order valence-corrected chi connectivity index (χ2v) is 9.64. The predicted octanol–water partition coefficient (Wildman–Crippen LogP) is 4.70. The molecule has 0 radical (unpaired) electrons. The summed E-state index contributed by atoms with van der Waals surface area (Å²) in [7, 11) is 0. The summed E-state index contributed by atoms with van der Waals surface area (Å²) in [4.78, 5) is 16.4. The number of hydrogen-bond donors (Lipinski definition) is 1. The third kappa shape index (κ3) is 5.86. The fourth-order valence-corrected chi connectivity index (χ4v) is 4.77. The van der Waals surface area contributed by atoms with Crippen LogP contribution in [0.25, 0.3) is 11.4 Å². The summed E-state index contributed by atoms with van der Waals surface area (Å²) in [5.41, 5.74) is 1.18. The molecule has 0 saturated carbocycles. The zero-order valence-corrected chi connectivity index (χ0v) is 20.2. The molecule has 2 aromatic carbocycles. The number of aromatic nitrogens is 2. The van der Waals surface area contributed by atoms with Crippen molar-refractivity contribution < 1.29 is 32.0 Å². The average Bonchev–Trinajstić information content (AvgIpc) is 3.35. The van der Waals surface area contributed by atoms with Crippen molar-refractivity contribution in [3.8, 4) is 11.4 Å². The molecule has 2 aliphatic rings. The van der Waals surface area contributed by atoms with Crippen LogP contribution >= 0.6 is 0 Å². The van der Waals surface area contributed by atoms with Crippen LogP contribution < -0.4 is 5.32 Å². The molecule has 2 saturated heterocycles. The van der Waals surface area contributed by atoms with Crippen LogP contribution in [0.4, 0.5) is 13.2 Å². The quantitative estimate of drug-likeness (QED) is 0.435. The summed E-state index contributed by atoms with van der Waals surface area (Å²) in [6.07, 6.45) is -2.14. The van der Waals surface area contributed by atoms with Gasteiger partial charge in [0.2, 0.25) is 11.7 Å². The summed E-state index contributed by atoms with van der Waals surface area (Å²) >= 11 is 0. The summed E-state index contributed by atoms with van der Waals surface area (Å²) in [5, 5.41) is 7.13. The number of hydrogen-bond acceptors (Lipinski definition) is 7. The highest BCUT2D eigenvalue weighted by atomic mass is 19.4. The Balaban J connectivity index is 1.24. The van der Waals surface area contributed by atoms with E-state index in [1.54, 1.807) is 6.07 Å². The predicted molar refractivity (Wildman–Crippen MR) is 127 cm³/mol. The molecule has 0 amide bonds. The minimum atomic E-state index is -4.39. The number of nitrogens with zero attached hydrogens (tertiary/aromatic N) is 2. The molecule has 5 rings (SSSR count). The molecular weight excluding hydrogens is 487 g/mol. The first kappa shape index (κ1) is 25.4. The van der Waals surface area contributed by atoms with Gasteiger partial charge in [-0.2, -0.15) is 18.2 Å². The molecule has 196 valence electrons. The molecule has 7 nitrogen and oxygen atoms in total. The smallest absolute Gasteiger partial charge is 0.416 e. The first-order chi connectivity index (χ1) is 17.8. The highest BCUT2D eigenvalue weighted by molar-refractivity contribution is 5.74. The van der Waals surface area contributed by atoms with E-state index in [1.165, 1.54) is 12.1 Å². The van der Waals surface area contributed by atoms with Crippen LogP contribution in [0.3, 0.4) is 0 Å². The van der Waals surface area contributed by atoms with E-state index in [4.69, 9.17) is 14.0 Å². The van der Waals surface area contributed by atoms with E-state index >= 15 is 0 Å². The van der Waals surface area contributed by atoms with Gasteiger partial charge in [-0.3, -0.25) is 4.79 Å². The van der Waals surface area contributed by atoms with Crippen LogP contribution in [0.2, 0.25) is 0 Å². The number of esters is 1. The van der Waals surface area contributed by atoms with Crippen molar-refractivity contribution >= 4 is 5.97 Å². The Hall–Kier alpha value is -3.24.